The van der Waals surface area contributed by atoms with Gasteiger partial charge in [-0.1, -0.05) is 27.5 Å². The van der Waals surface area contributed by atoms with E-state index >= 15 is 0 Å². The summed E-state index contributed by atoms with van der Waals surface area (Å²) in [5.41, 5.74) is 2.06. The second-order valence-electron chi connectivity index (χ2n) is 4.16. The van der Waals surface area contributed by atoms with E-state index in [9.17, 15) is 0 Å². The van der Waals surface area contributed by atoms with Crippen LogP contribution in [0.3, 0.4) is 0 Å². The van der Waals surface area contributed by atoms with Gasteiger partial charge in [0.1, 0.15) is 18.1 Å². The quantitative estimate of drug-likeness (QED) is 0.779. The first-order chi connectivity index (χ1) is 9.10. The predicted octanol–water partition coefficient (Wildman–Crippen LogP) is 5.00. The lowest BCUT2D eigenvalue weighted by molar-refractivity contribution is 0.302. The van der Waals surface area contributed by atoms with Gasteiger partial charge in [-0.15, -0.1) is 0 Å². The number of rotatable bonds is 4. The highest BCUT2D eigenvalue weighted by molar-refractivity contribution is 9.10. The van der Waals surface area contributed by atoms with Crippen molar-refractivity contribution in [2.24, 2.45) is 0 Å². The van der Waals surface area contributed by atoms with Crippen LogP contribution in [0.4, 0.5) is 0 Å². The highest BCUT2D eigenvalue weighted by atomic mass is 79.9. The van der Waals surface area contributed by atoms with E-state index in [1.165, 1.54) is 0 Å². The molecule has 0 aromatic heterocycles. The molecule has 0 amide bonds. The highest BCUT2D eigenvalue weighted by Crippen LogP contribution is 2.26. The van der Waals surface area contributed by atoms with E-state index in [1.807, 2.05) is 43.3 Å². The fourth-order valence-corrected chi connectivity index (χ4v) is 2.31. The van der Waals surface area contributed by atoms with Crippen LogP contribution >= 0.6 is 27.5 Å². The van der Waals surface area contributed by atoms with Gasteiger partial charge in [-0.3, -0.25) is 0 Å². The van der Waals surface area contributed by atoms with Crippen LogP contribution in [0.2, 0.25) is 5.02 Å². The third-order valence-electron chi connectivity index (χ3n) is 2.77. The van der Waals surface area contributed by atoms with E-state index in [4.69, 9.17) is 21.1 Å². The van der Waals surface area contributed by atoms with E-state index < -0.39 is 0 Å². The SMILES string of the molecule is COc1ccc(Br)c(COc2ccc(Cl)cc2C)c1. The smallest absolute Gasteiger partial charge is 0.122 e. The van der Waals surface area contributed by atoms with Gasteiger partial charge in [0.25, 0.3) is 0 Å². The summed E-state index contributed by atoms with van der Waals surface area (Å²) in [5, 5.41) is 0.715. The van der Waals surface area contributed by atoms with Gasteiger partial charge in [0.15, 0.2) is 0 Å². The molecule has 0 radical (unpaired) electrons. The summed E-state index contributed by atoms with van der Waals surface area (Å²) in [7, 11) is 1.65. The molecule has 0 heterocycles. The van der Waals surface area contributed by atoms with Crippen LogP contribution in [0.25, 0.3) is 0 Å². The van der Waals surface area contributed by atoms with Crippen molar-refractivity contribution in [1.82, 2.24) is 0 Å². The van der Waals surface area contributed by atoms with Crippen LogP contribution < -0.4 is 9.47 Å². The molecule has 2 aromatic carbocycles. The molecule has 0 N–H and O–H groups in total. The fraction of sp³-hybridized carbons (Fsp3) is 0.200. The number of methoxy groups -OCH3 is 1. The Morgan fingerprint density at radius 2 is 1.95 bits per heavy atom. The molecule has 0 fully saturated rings. The molecular formula is C15H14BrClO2. The summed E-state index contributed by atoms with van der Waals surface area (Å²) in [6.45, 7) is 2.45. The van der Waals surface area contributed by atoms with Gasteiger partial charge in [-0.05, 0) is 48.9 Å². The first kappa shape index (κ1) is 14.2. The third kappa shape index (κ3) is 3.64. The number of hydrogen-bond acceptors (Lipinski definition) is 2. The average Bonchev–Trinajstić information content (AvgIpc) is 2.39. The van der Waals surface area contributed by atoms with Gasteiger partial charge in [0.05, 0.1) is 7.11 Å². The Labute approximate surface area is 126 Å². The summed E-state index contributed by atoms with van der Waals surface area (Å²) in [6, 6.07) is 11.4. The maximum Gasteiger partial charge on any atom is 0.122 e. The molecule has 0 spiro atoms. The Kier molecular flexibility index (Phi) is 4.72. The van der Waals surface area contributed by atoms with Gasteiger partial charge in [-0.25, -0.2) is 0 Å². The first-order valence-electron chi connectivity index (χ1n) is 5.81. The molecule has 0 atom stereocenters. The molecule has 0 aliphatic heterocycles. The number of hydrogen-bond donors (Lipinski definition) is 0. The Morgan fingerprint density at radius 3 is 2.63 bits per heavy atom. The van der Waals surface area contributed by atoms with Crippen molar-refractivity contribution in [1.29, 1.82) is 0 Å². The van der Waals surface area contributed by atoms with Gasteiger partial charge < -0.3 is 9.47 Å². The number of benzene rings is 2. The Morgan fingerprint density at radius 1 is 1.16 bits per heavy atom. The minimum Gasteiger partial charge on any atom is -0.497 e. The second kappa shape index (κ2) is 6.31. The summed E-state index contributed by atoms with van der Waals surface area (Å²) >= 11 is 9.43. The summed E-state index contributed by atoms with van der Waals surface area (Å²) in [4.78, 5) is 0. The minimum absolute atomic E-state index is 0.472. The highest BCUT2D eigenvalue weighted by Gasteiger charge is 2.05. The van der Waals surface area contributed by atoms with Gasteiger partial charge in [0, 0.05) is 15.1 Å². The molecule has 4 heteroatoms. The fourth-order valence-electron chi connectivity index (χ4n) is 1.72. The van der Waals surface area contributed by atoms with Crippen LogP contribution in [-0.2, 0) is 6.61 Å². The topological polar surface area (TPSA) is 18.5 Å². The van der Waals surface area contributed by atoms with Crippen molar-refractivity contribution in [3.05, 3.63) is 57.0 Å². The maximum atomic E-state index is 5.92. The predicted molar refractivity (Wildman–Crippen MR) is 81.2 cm³/mol. The minimum atomic E-state index is 0.472. The normalized spacial score (nSPS) is 10.3. The molecule has 2 rings (SSSR count). The molecule has 0 bridgehead atoms. The van der Waals surface area contributed by atoms with Gasteiger partial charge >= 0.3 is 0 Å². The Hall–Kier alpha value is -1.19. The molecule has 0 saturated carbocycles. The molecule has 19 heavy (non-hydrogen) atoms. The van der Waals surface area contributed by atoms with Crippen LogP contribution in [0, 0.1) is 6.92 Å². The first-order valence-corrected chi connectivity index (χ1v) is 6.98. The lowest BCUT2D eigenvalue weighted by atomic mass is 10.2. The summed E-state index contributed by atoms with van der Waals surface area (Å²) in [5.74, 6) is 1.65. The van der Waals surface area contributed by atoms with E-state index in [0.717, 1.165) is 27.1 Å². The Balaban J connectivity index is 2.14. The molecule has 0 aliphatic carbocycles. The van der Waals surface area contributed by atoms with Crippen molar-refractivity contribution in [2.45, 2.75) is 13.5 Å². The van der Waals surface area contributed by atoms with E-state index in [1.54, 1.807) is 7.11 Å². The van der Waals surface area contributed by atoms with Crippen molar-refractivity contribution in [3.8, 4) is 11.5 Å². The zero-order valence-corrected chi connectivity index (χ0v) is 13.1. The molecule has 0 saturated heterocycles. The van der Waals surface area contributed by atoms with Crippen LogP contribution in [0.1, 0.15) is 11.1 Å². The van der Waals surface area contributed by atoms with Gasteiger partial charge in [0.2, 0.25) is 0 Å². The standard InChI is InChI=1S/C15H14BrClO2/c1-10-7-12(17)3-6-15(10)19-9-11-8-13(18-2)4-5-14(11)16/h3-8H,9H2,1-2H3. The number of ether oxygens (including phenoxy) is 2. The monoisotopic (exact) mass is 340 g/mol. The lowest BCUT2D eigenvalue weighted by Gasteiger charge is -2.11. The largest absolute Gasteiger partial charge is 0.497 e. The zero-order chi connectivity index (χ0) is 13.8. The summed E-state index contributed by atoms with van der Waals surface area (Å²) in [6.07, 6.45) is 0. The van der Waals surface area contributed by atoms with Crippen LogP contribution in [0.15, 0.2) is 40.9 Å². The van der Waals surface area contributed by atoms with E-state index in [0.29, 0.717) is 11.6 Å². The van der Waals surface area contributed by atoms with Crippen molar-refractivity contribution < 1.29 is 9.47 Å². The van der Waals surface area contributed by atoms with E-state index in [2.05, 4.69) is 15.9 Å². The lowest BCUT2D eigenvalue weighted by Crippen LogP contribution is -1.98. The molecule has 0 unspecified atom stereocenters. The number of aryl methyl sites for hydroxylation is 1. The van der Waals surface area contributed by atoms with E-state index in [-0.39, 0.29) is 0 Å². The Bertz CT molecular complexity index is 584. The molecule has 2 aromatic rings. The maximum absolute atomic E-state index is 5.92. The second-order valence-corrected chi connectivity index (χ2v) is 5.45. The van der Waals surface area contributed by atoms with Crippen molar-refractivity contribution in [3.63, 3.8) is 0 Å². The molecule has 100 valence electrons. The van der Waals surface area contributed by atoms with Crippen molar-refractivity contribution >= 4 is 27.5 Å². The van der Waals surface area contributed by atoms with Crippen molar-refractivity contribution in [2.75, 3.05) is 7.11 Å². The molecular weight excluding hydrogens is 328 g/mol. The van der Waals surface area contributed by atoms with Crippen LogP contribution in [0.5, 0.6) is 11.5 Å². The average molecular weight is 342 g/mol. The third-order valence-corrected chi connectivity index (χ3v) is 3.78. The van der Waals surface area contributed by atoms with Gasteiger partial charge in [-0.2, -0.15) is 0 Å². The van der Waals surface area contributed by atoms with Crippen LogP contribution in [-0.4, -0.2) is 7.11 Å². The zero-order valence-electron chi connectivity index (χ0n) is 10.7. The molecule has 2 nitrogen and oxygen atoms in total. The molecule has 0 aliphatic rings. The summed E-state index contributed by atoms with van der Waals surface area (Å²) < 4.78 is 12.0. The number of halogens is 2.